The van der Waals surface area contributed by atoms with E-state index in [4.69, 9.17) is 0 Å². The first kappa shape index (κ1) is 20.6. The lowest BCUT2D eigenvalue weighted by molar-refractivity contribution is 0.206. The molecule has 0 fully saturated rings. The number of hydrogen-bond acceptors (Lipinski definition) is 5. The second-order valence-electron chi connectivity index (χ2n) is 8.06. The van der Waals surface area contributed by atoms with Gasteiger partial charge >= 0.3 is 6.03 Å². The number of urea groups is 1. The van der Waals surface area contributed by atoms with Crippen LogP contribution in [0, 0.1) is 13.8 Å². The lowest BCUT2D eigenvalue weighted by atomic mass is 10.1. The van der Waals surface area contributed by atoms with E-state index in [1.165, 1.54) is 0 Å². The third-order valence-corrected chi connectivity index (χ3v) is 5.70. The summed E-state index contributed by atoms with van der Waals surface area (Å²) in [4.78, 5) is 19.3. The van der Waals surface area contributed by atoms with E-state index in [1.807, 2.05) is 68.4 Å². The Bertz CT molecular complexity index is 1450. The van der Waals surface area contributed by atoms with Crippen molar-refractivity contribution in [1.82, 2.24) is 29.9 Å². The van der Waals surface area contributed by atoms with E-state index in [9.17, 15) is 4.79 Å². The maximum absolute atomic E-state index is 13.4. The Kier molecular flexibility index (Phi) is 5.40. The molecule has 0 aliphatic rings. The molecule has 2 aromatic carbocycles. The van der Waals surface area contributed by atoms with Gasteiger partial charge in [-0.05, 0) is 59.2 Å². The summed E-state index contributed by atoms with van der Waals surface area (Å²) < 4.78 is 1.75. The maximum atomic E-state index is 13.4. The predicted octanol–water partition coefficient (Wildman–Crippen LogP) is 4.52. The highest BCUT2D eigenvalue weighted by atomic mass is 16.2. The number of aryl methyl sites for hydroxylation is 2. The Morgan fingerprint density at radius 2 is 1.85 bits per heavy atom. The fraction of sp³-hybridized carbons (Fsp3) is 0.160. The van der Waals surface area contributed by atoms with Crippen molar-refractivity contribution in [3.8, 4) is 0 Å². The third kappa shape index (κ3) is 4.10. The van der Waals surface area contributed by atoms with Gasteiger partial charge in [-0.25, -0.2) is 4.79 Å². The van der Waals surface area contributed by atoms with Crippen molar-refractivity contribution in [3.05, 3.63) is 95.3 Å². The minimum absolute atomic E-state index is 0.205. The van der Waals surface area contributed by atoms with Gasteiger partial charge in [0.1, 0.15) is 0 Å². The minimum atomic E-state index is -0.205. The van der Waals surface area contributed by atoms with E-state index in [1.54, 1.807) is 21.8 Å². The lowest BCUT2D eigenvalue weighted by Gasteiger charge is -2.24. The number of fused-ring (bicyclic) bond motifs is 3. The minimum Gasteiger partial charge on any atom is -0.316 e. The number of nitrogens with zero attached hydrogens (tertiary/aromatic N) is 6. The highest BCUT2D eigenvalue weighted by Crippen LogP contribution is 2.24. The zero-order valence-electron chi connectivity index (χ0n) is 18.4. The Labute approximate surface area is 190 Å². The zero-order chi connectivity index (χ0) is 22.8. The fourth-order valence-corrected chi connectivity index (χ4v) is 4.02. The molecule has 1 N–H and O–H groups in total. The second-order valence-corrected chi connectivity index (χ2v) is 8.06. The molecular weight excluding hydrogens is 414 g/mol. The first-order valence-corrected chi connectivity index (χ1v) is 10.7. The Hall–Kier alpha value is -4.33. The standard InChI is InChI=1S/C25H23N7O/c1-17-7-3-4-11-22(17)27-25(33)31(15-19-9-6-12-26-14-19)16-21-13-20-10-5-8-18(2)23(20)32-24(21)28-29-30-32/h3-14H,15-16H2,1-2H3,(H,27,33). The van der Waals surface area contributed by atoms with E-state index in [2.05, 4.69) is 31.9 Å². The molecule has 0 aliphatic heterocycles. The Balaban J connectivity index is 1.54. The van der Waals surface area contributed by atoms with Crippen LogP contribution in [0.4, 0.5) is 10.5 Å². The van der Waals surface area contributed by atoms with Crippen LogP contribution in [0.5, 0.6) is 0 Å². The van der Waals surface area contributed by atoms with Crippen LogP contribution in [0.1, 0.15) is 22.3 Å². The molecule has 2 amide bonds. The molecular formula is C25H23N7O. The van der Waals surface area contributed by atoms with Gasteiger partial charge in [-0.2, -0.15) is 4.52 Å². The van der Waals surface area contributed by atoms with Crippen LogP contribution in [0.3, 0.4) is 0 Å². The molecule has 0 saturated carbocycles. The molecule has 3 heterocycles. The summed E-state index contributed by atoms with van der Waals surface area (Å²) in [6.45, 7) is 4.73. The number of hydrogen-bond donors (Lipinski definition) is 1. The second kappa shape index (κ2) is 8.66. The molecule has 0 atom stereocenters. The van der Waals surface area contributed by atoms with Gasteiger partial charge in [-0.3, -0.25) is 4.98 Å². The van der Waals surface area contributed by atoms with Crippen molar-refractivity contribution in [3.63, 3.8) is 0 Å². The number of aromatic nitrogens is 5. The van der Waals surface area contributed by atoms with E-state index in [0.717, 1.165) is 38.8 Å². The summed E-state index contributed by atoms with van der Waals surface area (Å²) in [7, 11) is 0. The van der Waals surface area contributed by atoms with Crippen LogP contribution in [0.25, 0.3) is 16.6 Å². The number of para-hydroxylation sites is 2. The number of rotatable bonds is 5. The smallest absolute Gasteiger partial charge is 0.316 e. The van der Waals surface area contributed by atoms with Gasteiger partial charge in [-0.15, -0.1) is 5.10 Å². The third-order valence-electron chi connectivity index (χ3n) is 5.70. The van der Waals surface area contributed by atoms with Crippen LogP contribution < -0.4 is 5.32 Å². The van der Waals surface area contributed by atoms with Crippen LogP contribution >= 0.6 is 0 Å². The van der Waals surface area contributed by atoms with Crippen molar-refractivity contribution in [2.24, 2.45) is 0 Å². The normalized spacial score (nSPS) is 11.1. The summed E-state index contributed by atoms with van der Waals surface area (Å²) in [5.41, 5.74) is 6.26. The highest BCUT2D eigenvalue weighted by Gasteiger charge is 2.19. The number of tetrazole rings is 1. The van der Waals surface area contributed by atoms with Crippen LogP contribution in [-0.2, 0) is 13.1 Å². The fourth-order valence-electron chi connectivity index (χ4n) is 4.02. The van der Waals surface area contributed by atoms with Crippen molar-refractivity contribution in [1.29, 1.82) is 0 Å². The number of pyridine rings is 2. The van der Waals surface area contributed by atoms with Crippen molar-refractivity contribution < 1.29 is 4.79 Å². The number of benzene rings is 2. The monoisotopic (exact) mass is 437 g/mol. The molecule has 0 radical (unpaired) electrons. The number of carbonyl (C=O) groups is 1. The molecule has 0 saturated heterocycles. The molecule has 3 aromatic heterocycles. The first-order chi connectivity index (χ1) is 16.1. The average Bonchev–Trinajstić information content (AvgIpc) is 3.31. The first-order valence-electron chi connectivity index (χ1n) is 10.7. The van der Waals surface area contributed by atoms with Gasteiger partial charge in [0.25, 0.3) is 0 Å². The Morgan fingerprint density at radius 3 is 2.67 bits per heavy atom. The SMILES string of the molecule is Cc1ccccc1NC(=O)N(Cc1cccnc1)Cc1cc2cccc(C)c2n2nnnc12. The summed E-state index contributed by atoms with van der Waals surface area (Å²) >= 11 is 0. The molecule has 8 heteroatoms. The van der Waals surface area contributed by atoms with E-state index in [-0.39, 0.29) is 6.03 Å². The number of amides is 2. The predicted molar refractivity (Wildman–Crippen MR) is 127 cm³/mol. The molecule has 164 valence electrons. The molecule has 5 aromatic rings. The topological polar surface area (TPSA) is 88.3 Å². The van der Waals surface area contributed by atoms with E-state index >= 15 is 0 Å². The largest absolute Gasteiger partial charge is 0.322 e. The zero-order valence-corrected chi connectivity index (χ0v) is 18.4. The average molecular weight is 438 g/mol. The van der Waals surface area contributed by atoms with Gasteiger partial charge in [0.05, 0.1) is 12.1 Å². The molecule has 0 aliphatic carbocycles. The number of carbonyl (C=O) groups excluding carboxylic acids is 1. The van der Waals surface area contributed by atoms with Gasteiger partial charge in [0.15, 0.2) is 5.65 Å². The molecule has 0 spiro atoms. The lowest BCUT2D eigenvalue weighted by Crippen LogP contribution is -2.34. The summed E-state index contributed by atoms with van der Waals surface area (Å²) in [6.07, 6.45) is 3.49. The van der Waals surface area contributed by atoms with E-state index < -0.39 is 0 Å². The molecule has 33 heavy (non-hydrogen) atoms. The molecule has 0 unspecified atom stereocenters. The maximum Gasteiger partial charge on any atom is 0.322 e. The quantitative estimate of drug-likeness (QED) is 0.437. The summed E-state index contributed by atoms with van der Waals surface area (Å²) in [6, 6.07) is 19.5. The molecule has 0 bridgehead atoms. The number of nitrogens with one attached hydrogen (secondary N) is 1. The van der Waals surface area contributed by atoms with E-state index in [0.29, 0.717) is 18.7 Å². The van der Waals surface area contributed by atoms with Crippen molar-refractivity contribution in [2.45, 2.75) is 26.9 Å². The number of anilines is 1. The van der Waals surface area contributed by atoms with Crippen LogP contribution in [-0.4, -0.2) is 36.0 Å². The summed E-state index contributed by atoms with van der Waals surface area (Å²) in [5, 5.41) is 16.4. The van der Waals surface area contributed by atoms with Crippen molar-refractivity contribution >= 4 is 28.3 Å². The van der Waals surface area contributed by atoms with Gasteiger partial charge < -0.3 is 10.2 Å². The van der Waals surface area contributed by atoms with Gasteiger partial charge in [0.2, 0.25) is 0 Å². The Morgan fingerprint density at radius 1 is 1.00 bits per heavy atom. The highest BCUT2D eigenvalue weighted by molar-refractivity contribution is 5.90. The van der Waals surface area contributed by atoms with Crippen molar-refractivity contribution in [2.75, 3.05) is 5.32 Å². The van der Waals surface area contributed by atoms with Crippen LogP contribution in [0.2, 0.25) is 0 Å². The molecule has 5 rings (SSSR count). The summed E-state index contributed by atoms with van der Waals surface area (Å²) in [5.74, 6) is 0. The van der Waals surface area contributed by atoms with Crippen LogP contribution in [0.15, 0.2) is 73.1 Å². The molecule has 8 nitrogen and oxygen atoms in total. The van der Waals surface area contributed by atoms with Gasteiger partial charge in [-0.1, -0.05) is 42.5 Å². The van der Waals surface area contributed by atoms with Gasteiger partial charge in [0, 0.05) is 35.6 Å².